The lowest BCUT2D eigenvalue weighted by Gasteiger charge is -2.22. The van der Waals surface area contributed by atoms with Crippen molar-refractivity contribution in [3.05, 3.63) is 95.1 Å². The summed E-state index contributed by atoms with van der Waals surface area (Å²) in [7, 11) is 0. The summed E-state index contributed by atoms with van der Waals surface area (Å²) in [6, 6.07) is 16.2. The van der Waals surface area contributed by atoms with E-state index < -0.39 is 5.24 Å². The van der Waals surface area contributed by atoms with Crippen molar-refractivity contribution in [1.29, 1.82) is 0 Å². The molecule has 43 heavy (non-hydrogen) atoms. The molecule has 9 heteroatoms. The van der Waals surface area contributed by atoms with E-state index >= 15 is 0 Å². The van der Waals surface area contributed by atoms with Crippen LogP contribution in [0, 0.1) is 0 Å². The van der Waals surface area contributed by atoms with Gasteiger partial charge in [-0.1, -0.05) is 61.7 Å². The molecular formula is C34H47ClN2O6. The van der Waals surface area contributed by atoms with E-state index in [-0.39, 0.29) is 18.5 Å². The highest BCUT2D eigenvalue weighted by atomic mass is 35.5. The summed E-state index contributed by atoms with van der Waals surface area (Å²) in [4.78, 5) is 21.2. The number of carbonyl (C=O) groups is 2. The lowest BCUT2D eigenvalue weighted by molar-refractivity contribution is -0.169. The molecule has 4 rings (SSSR count). The van der Waals surface area contributed by atoms with E-state index in [1.54, 1.807) is 13.8 Å². The van der Waals surface area contributed by atoms with Crippen LogP contribution in [-0.2, 0) is 54.8 Å². The highest BCUT2D eigenvalue weighted by molar-refractivity contribution is 6.67. The fourth-order valence-electron chi connectivity index (χ4n) is 3.92. The minimum atomic E-state index is -0.463. The van der Waals surface area contributed by atoms with Gasteiger partial charge in [0.05, 0.1) is 13.2 Å². The van der Waals surface area contributed by atoms with Gasteiger partial charge in [-0.15, -0.1) is 0 Å². The molecule has 2 aromatic rings. The van der Waals surface area contributed by atoms with Crippen LogP contribution in [0.2, 0.25) is 0 Å². The van der Waals surface area contributed by atoms with Gasteiger partial charge in [0.15, 0.2) is 12.6 Å². The summed E-state index contributed by atoms with van der Waals surface area (Å²) in [6.07, 6.45) is 6.58. The number of halogens is 1. The monoisotopic (exact) mass is 614 g/mol. The first kappa shape index (κ1) is 36.3. The molecule has 236 valence electrons. The maximum absolute atomic E-state index is 11.4. The fourth-order valence-corrected chi connectivity index (χ4v) is 3.92. The van der Waals surface area contributed by atoms with Gasteiger partial charge >= 0.3 is 0 Å². The van der Waals surface area contributed by atoms with Gasteiger partial charge in [-0.05, 0) is 86.2 Å². The first-order valence-corrected chi connectivity index (χ1v) is 15.2. The first-order valence-electron chi connectivity index (χ1n) is 14.8. The molecule has 0 saturated carbocycles. The van der Waals surface area contributed by atoms with Crippen molar-refractivity contribution < 1.29 is 28.5 Å². The maximum Gasteiger partial charge on any atom is 0.247 e. The zero-order chi connectivity index (χ0) is 31.5. The molecule has 2 saturated heterocycles. The highest BCUT2D eigenvalue weighted by Gasteiger charge is 2.14. The predicted octanol–water partition coefficient (Wildman–Crippen LogP) is 6.44. The second-order valence-electron chi connectivity index (χ2n) is 10.6. The van der Waals surface area contributed by atoms with E-state index in [2.05, 4.69) is 30.6 Å². The van der Waals surface area contributed by atoms with Gasteiger partial charge in [-0.2, -0.15) is 0 Å². The average molecular weight is 615 g/mol. The summed E-state index contributed by atoms with van der Waals surface area (Å²) < 4.78 is 22.5. The molecule has 8 nitrogen and oxygen atoms in total. The predicted molar refractivity (Wildman–Crippen MR) is 170 cm³/mol. The van der Waals surface area contributed by atoms with Crippen LogP contribution in [0.25, 0.3) is 0 Å². The van der Waals surface area contributed by atoms with E-state index in [1.165, 1.54) is 18.4 Å². The molecule has 0 aromatic heterocycles. The van der Waals surface area contributed by atoms with E-state index in [0.717, 1.165) is 55.6 Å². The number of hydrogen-bond acceptors (Lipinski definition) is 7. The number of nitrogens with one attached hydrogen (secondary N) is 1. The van der Waals surface area contributed by atoms with Gasteiger partial charge in [0.2, 0.25) is 11.1 Å². The molecule has 3 N–H and O–H groups in total. The number of ether oxygens (including phenoxy) is 4. The SMILES string of the molecule is C=C(C)C(=O)Cl.C=C(C)C(=O)NCc1ccc(COC2CCCCO2)cc1.NCc1ccc(COC2CCCCO2)cc1. The van der Waals surface area contributed by atoms with Crippen molar-refractivity contribution >= 4 is 22.8 Å². The number of carbonyl (C=O) groups excluding carboxylic acids is 2. The molecule has 2 atom stereocenters. The number of benzene rings is 2. The lowest BCUT2D eigenvalue weighted by Crippen LogP contribution is -2.23. The van der Waals surface area contributed by atoms with E-state index in [9.17, 15) is 9.59 Å². The Morgan fingerprint density at radius 1 is 0.791 bits per heavy atom. The largest absolute Gasteiger partial charge is 0.353 e. The second-order valence-corrected chi connectivity index (χ2v) is 10.9. The van der Waals surface area contributed by atoms with Crippen molar-refractivity contribution in [1.82, 2.24) is 5.32 Å². The fraction of sp³-hybridized carbons (Fsp3) is 0.471. The highest BCUT2D eigenvalue weighted by Crippen LogP contribution is 2.17. The molecule has 0 radical (unpaired) electrons. The average Bonchev–Trinajstić information content (AvgIpc) is 3.04. The molecule has 0 spiro atoms. The van der Waals surface area contributed by atoms with Crippen LogP contribution < -0.4 is 11.1 Å². The van der Waals surface area contributed by atoms with E-state index in [4.69, 9.17) is 36.3 Å². The van der Waals surface area contributed by atoms with Crippen LogP contribution in [0.1, 0.15) is 74.6 Å². The molecule has 2 fully saturated rings. The van der Waals surface area contributed by atoms with Gasteiger partial charge in [0.1, 0.15) is 0 Å². The molecule has 2 aliphatic heterocycles. The number of hydrogen-bond donors (Lipinski definition) is 2. The first-order chi connectivity index (χ1) is 20.7. The van der Waals surface area contributed by atoms with Crippen molar-refractivity contribution in [2.24, 2.45) is 5.73 Å². The zero-order valence-electron chi connectivity index (χ0n) is 25.6. The van der Waals surface area contributed by atoms with Crippen molar-refractivity contribution in [2.75, 3.05) is 13.2 Å². The minimum absolute atomic E-state index is 0.0112. The molecule has 1 amide bonds. The normalized spacial score (nSPS) is 17.8. The second kappa shape index (κ2) is 21.0. The van der Waals surface area contributed by atoms with Crippen LogP contribution in [0.4, 0.5) is 0 Å². The Kier molecular flexibility index (Phi) is 17.7. The Balaban J connectivity index is 0.000000259. The molecule has 2 aliphatic rings. The van der Waals surface area contributed by atoms with Crippen molar-refractivity contribution in [2.45, 2.75) is 91.3 Å². The Morgan fingerprint density at radius 3 is 1.56 bits per heavy atom. The van der Waals surface area contributed by atoms with Gasteiger partial charge in [-0.25, -0.2) is 0 Å². The van der Waals surface area contributed by atoms with Crippen LogP contribution >= 0.6 is 11.6 Å². The summed E-state index contributed by atoms with van der Waals surface area (Å²) in [5, 5.41) is 2.35. The Morgan fingerprint density at radius 2 is 1.21 bits per heavy atom. The third-order valence-electron chi connectivity index (χ3n) is 6.61. The molecule has 0 aliphatic carbocycles. The maximum atomic E-state index is 11.4. The summed E-state index contributed by atoms with van der Waals surface area (Å²) >= 11 is 4.87. The number of allylic oxidation sites excluding steroid dienone is 1. The third-order valence-corrected chi connectivity index (χ3v) is 6.93. The van der Waals surface area contributed by atoms with Gasteiger partial charge in [0.25, 0.3) is 0 Å². The van der Waals surface area contributed by atoms with Crippen molar-refractivity contribution in [3.8, 4) is 0 Å². The smallest absolute Gasteiger partial charge is 0.247 e. The Hall–Kier alpha value is -2.85. The van der Waals surface area contributed by atoms with Crippen LogP contribution in [-0.4, -0.2) is 36.9 Å². The van der Waals surface area contributed by atoms with Gasteiger partial charge in [-0.3, -0.25) is 9.59 Å². The molecule has 0 bridgehead atoms. The number of nitrogens with two attached hydrogens (primary N) is 1. The molecular weight excluding hydrogens is 568 g/mol. The van der Waals surface area contributed by atoms with Crippen LogP contribution in [0.3, 0.4) is 0 Å². The van der Waals surface area contributed by atoms with Crippen molar-refractivity contribution in [3.63, 3.8) is 0 Å². The summed E-state index contributed by atoms with van der Waals surface area (Å²) in [5.74, 6) is -0.114. The number of amides is 1. The summed E-state index contributed by atoms with van der Waals surface area (Å²) in [5.41, 5.74) is 10.9. The van der Waals surface area contributed by atoms with E-state index in [0.29, 0.717) is 37.4 Å². The van der Waals surface area contributed by atoms with Gasteiger partial charge < -0.3 is 30.0 Å². The van der Waals surface area contributed by atoms with Crippen LogP contribution in [0.5, 0.6) is 0 Å². The Bertz CT molecular complexity index is 1110. The number of rotatable bonds is 11. The zero-order valence-corrected chi connectivity index (χ0v) is 26.3. The topological polar surface area (TPSA) is 109 Å². The summed E-state index contributed by atoms with van der Waals surface area (Å²) in [6.45, 7) is 14.1. The molecule has 2 aromatic carbocycles. The minimum Gasteiger partial charge on any atom is -0.353 e. The molecule has 2 unspecified atom stereocenters. The molecule has 2 heterocycles. The van der Waals surface area contributed by atoms with Gasteiger partial charge in [0, 0.05) is 37.4 Å². The van der Waals surface area contributed by atoms with E-state index in [1.807, 2.05) is 36.4 Å². The Labute approximate surface area is 261 Å². The quantitative estimate of drug-likeness (QED) is 0.221. The standard InChI is InChI=1S/C17H23NO3.C13H19NO2.C4H5ClO/c1-13(2)17(19)18-11-14-6-8-15(9-7-14)12-21-16-5-3-4-10-20-16;14-9-11-4-6-12(7-5-11)10-16-13-3-1-2-8-15-13;1-3(2)4(5)6/h6-9,16H,1,3-5,10-12H2,2H3,(H,18,19);4-7,13H,1-3,8-10,14H2;1H2,2H3. The lowest BCUT2D eigenvalue weighted by atomic mass is 10.1. The third kappa shape index (κ3) is 16.0. The van der Waals surface area contributed by atoms with Crippen LogP contribution in [0.15, 0.2) is 72.8 Å².